The van der Waals surface area contributed by atoms with Crippen LogP contribution in [0.3, 0.4) is 0 Å². The van der Waals surface area contributed by atoms with E-state index in [0.717, 1.165) is 12.3 Å². The van der Waals surface area contributed by atoms with Crippen LogP contribution in [0.4, 0.5) is 19.1 Å². The van der Waals surface area contributed by atoms with Gasteiger partial charge in [0.2, 0.25) is 5.95 Å². The monoisotopic (exact) mass is 275 g/mol. The van der Waals surface area contributed by atoms with E-state index in [1.54, 1.807) is 7.05 Å². The molecule has 1 aromatic rings. The van der Waals surface area contributed by atoms with Crippen molar-refractivity contribution in [2.24, 2.45) is 10.7 Å². The van der Waals surface area contributed by atoms with Crippen LogP contribution in [-0.4, -0.2) is 42.2 Å². The van der Waals surface area contributed by atoms with Gasteiger partial charge in [-0.05, 0) is 6.07 Å². The minimum absolute atomic E-state index is 0.0181. The van der Waals surface area contributed by atoms with Gasteiger partial charge in [-0.25, -0.2) is 15.0 Å². The standard InChI is InChI=1S/C10H12F3N5O/c1-18(4-6-5-19-8(14)16-6)9-15-3-2-7(17-9)10(11,12)13/h2-3,6H,4-5H2,1H3,(H2,14,16). The molecule has 2 N–H and O–H groups in total. The molecule has 6 nitrogen and oxygen atoms in total. The maximum atomic E-state index is 12.5. The third kappa shape index (κ3) is 3.24. The first kappa shape index (κ1) is 13.4. The first-order valence-electron chi connectivity index (χ1n) is 5.43. The largest absolute Gasteiger partial charge is 0.463 e. The highest BCUT2D eigenvalue weighted by Gasteiger charge is 2.33. The second-order valence-corrected chi connectivity index (χ2v) is 4.05. The lowest BCUT2D eigenvalue weighted by Crippen LogP contribution is -2.30. The molecule has 104 valence electrons. The van der Waals surface area contributed by atoms with Crippen LogP contribution in [0.2, 0.25) is 0 Å². The molecule has 9 heteroatoms. The molecule has 1 unspecified atom stereocenters. The van der Waals surface area contributed by atoms with Gasteiger partial charge in [0.1, 0.15) is 18.3 Å². The summed E-state index contributed by atoms with van der Waals surface area (Å²) in [7, 11) is 1.58. The smallest absolute Gasteiger partial charge is 0.433 e. The number of likely N-dealkylation sites (N-methyl/N-ethyl adjacent to an activating group) is 1. The lowest BCUT2D eigenvalue weighted by atomic mass is 10.3. The van der Waals surface area contributed by atoms with Gasteiger partial charge in [0.25, 0.3) is 6.02 Å². The summed E-state index contributed by atoms with van der Waals surface area (Å²) in [4.78, 5) is 12.7. The van der Waals surface area contributed by atoms with Crippen molar-refractivity contribution in [3.63, 3.8) is 0 Å². The van der Waals surface area contributed by atoms with Crippen molar-refractivity contribution >= 4 is 12.0 Å². The first-order chi connectivity index (χ1) is 8.86. The van der Waals surface area contributed by atoms with Crippen molar-refractivity contribution in [3.8, 4) is 0 Å². The highest BCUT2D eigenvalue weighted by Crippen LogP contribution is 2.28. The van der Waals surface area contributed by atoms with E-state index in [4.69, 9.17) is 10.5 Å². The maximum Gasteiger partial charge on any atom is 0.433 e. The Morgan fingerprint density at radius 2 is 2.26 bits per heavy atom. The molecular weight excluding hydrogens is 263 g/mol. The average molecular weight is 275 g/mol. The van der Waals surface area contributed by atoms with Crippen LogP contribution in [0.5, 0.6) is 0 Å². The van der Waals surface area contributed by atoms with Crippen LogP contribution in [0.1, 0.15) is 5.69 Å². The summed E-state index contributed by atoms with van der Waals surface area (Å²) < 4.78 is 42.5. The van der Waals surface area contributed by atoms with E-state index in [9.17, 15) is 13.2 Å². The second kappa shape index (κ2) is 4.90. The molecule has 1 aliphatic heterocycles. The number of anilines is 1. The van der Waals surface area contributed by atoms with E-state index in [1.807, 2.05) is 0 Å². The van der Waals surface area contributed by atoms with Crippen molar-refractivity contribution in [2.75, 3.05) is 25.1 Å². The predicted molar refractivity (Wildman–Crippen MR) is 61.7 cm³/mol. The first-order valence-corrected chi connectivity index (χ1v) is 5.43. The summed E-state index contributed by atoms with van der Waals surface area (Å²) in [5.74, 6) is -0.0181. The van der Waals surface area contributed by atoms with E-state index in [1.165, 1.54) is 4.90 Å². The van der Waals surface area contributed by atoms with Crippen LogP contribution in [-0.2, 0) is 10.9 Å². The maximum absolute atomic E-state index is 12.5. The number of alkyl halides is 3. The van der Waals surface area contributed by atoms with Gasteiger partial charge < -0.3 is 15.4 Å². The molecule has 2 heterocycles. The lowest BCUT2D eigenvalue weighted by Gasteiger charge is -2.19. The number of hydrogen-bond donors (Lipinski definition) is 1. The number of aliphatic imine (C=N–C) groups is 1. The van der Waals surface area contributed by atoms with E-state index in [0.29, 0.717) is 13.2 Å². The molecule has 1 atom stereocenters. The quantitative estimate of drug-likeness (QED) is 0.876. The fourth-order valence-corrected chi connectivity index (χ4v) is 1.62. The molecule has 0 aromatic carbocycles. The van der Waals surface area contributed by atoms with Gasteiger partial charge in [0.15, 0.2) is 0 Å². The Morgan fingerprint density at radius 1 is 1.53 bits per heavy atom. The molecule has 0 saturated heterocycles. The van der Waals surface area contributed by atoms with Gasteiger partial charge in [-0.3, -0.25) is 0 Å². The molecule has 0 spiro atoms. The molecule has 1 aliphatic rings. The Bertz CT molecular complexity index is 490. The SMILES string of the molecule is CN(CC1COC(N)=N1)c1nccc(C(F)(F)F)n1. The Balaban J connectivity index is 2.09. The van der Waals surface area contributed by atoms with E-state index in [-0.39, 0.29) is 18.0 Å². The van der Waals surface area contributed by atoms with Gasteiger partial charge in [0, 0.05) is 19.8 Å². The summed E-state index contributed by atoms with van der Waals surface area (Å²) in [5, 5.41) is 0. The van der Waals surface area contributed by atoms with Crippen molar-refractivity contribution < 1.29 is 17.9 Å². The highest BCUT2D eigenvalue weighted by molar-refractivity contribution is 5.73. The van der Waals surface area contributed by atoms with Crippen LogP contribution in [0.15, 0.2) is 17.3 Å². The Morgan fingerprint density at radius 3 is 2.84 bits per heavy atom. The molecule has 0 saturated carbocycles. The summed E-state index contributed by atoms with van der Waals surface area (Å²) in [6, 6.07) is 0.679. The summed E-state index contributed by atoms with van der Waals surface area (Å²) in [5.41, 5.74) is 4.37. The molecular formula is C10H12F3N5O. The average Bonchev–Trinajstić information content (AvgIpc) is 2.74. The van der Waals surface area contributed by atoms with E-state index < -0.39 is 11.9 Å². The normalized spacial score (nSPS) is 18.9. The van der Waals surface area contributed by atoms with Gasteiger partial charge in [-0.15, -0.1) is 0 Å². The molecule has 19 heavy (non-hydrogen) atoms. The Hall–Kier alpha value is -2.06. The second-order valence-electron chi connectivity index (χ2n) is 4.05. The number of hydrogen-bond acceptors (Lipinski definition) is 6. The van der Waals surface area contributed by atoms with E-state index in [2.05, 4.69) is 15.0 Å². The van der Waals surface area contributed by atoms with Crippen LogP contribution < -0.4 is 10.6 Å². The number of aromatic nitrogens is 2. The van der Waals surface area contributed by atoms with Gasteiger partial charge in [-0.2, -0.15) is 13.2 Å². The van der Waals surface area contributed by atoms with Crippen molar-refractivity contribution in [1.29, 1.82) is 0 Å². The van der Waals surface area contributed by atoms with Crippen LogP contribution in [0, 0.1) is 0 Å². The summed E-state index contributed by atoms with van der Waals surface area (Å²) >= 11 is 0. The number of ether oxygens (including phenoxy) is 1. The van der Waals surface area contributed by atoms with Crippen molar-refractivity contribution in [3.05, 3.63) is 18.0 Å². The number of amidine groups is 1. The summed E-state index contributed by atoms with van der Waals surface area (Å²) in [6.07, 6.45) is -3.41. The molecule has 0 amide bonds. The molecule has 0 bridgehead atoms. The number of nitrogens with two attached hydrogens (primary N) is 1. The molecule has 2 rings (SSSR count). The van der Waals surface area contributed by atoms with Gasteiger partial charge in [0.05, 0.1) is 0 Å². The van der Waals surface area contributed by atoms with Gasteiger partial charge >= 0.3 is 6.18 Å². The van der Waals surface area contributed by atoms with Crippen molar-refractivity contribution in [1.82, 2.24) is 9.97 Å². The zero-order chi connectivity index (χ0) is 14.0. The molecule has 0 radical (unpaired) electrons. The van der Waals surface area contributed by atoms with Crippen molar-refractivity contribution in [2.45, 2.75) is 12.2 Å². The van der Waals surface area contributed by atoms with Crippen LogP contribution >= 0.6 is 0 Å². The minimum atomic E-state index is -4.49. The van der Waals surface area contributed by atoms with Gasteiger partial charge in [-0.1, -0.05) is 0 Å². The molecule has 0 aliphatic carbocycles. The Kier molecular flexibility index (Phi) is 3.45. The third-order valence-corrected chi connectivity index (χ3v) is 2.49. The minimum Gasteiger partial charge on any atom is -0.463 e. The number of halogens is 3. The topological polar surface area (TPSA) is 76.6 Å². The fourth-order valence-electron chi connectivity index (χ4n) is 1.62. The van der Waals surface area contributed by atoms with Crippen LogP contribution in [0.25, 0.3) is 0 Å². The van der Waals surface area contributed by atoms with E-state index >= 15 is 0 Å². The zero-order valence-electron chi connectivity index (χ0n) is 10.1. The highest BCUT2D eigenvalue weighted by atomic mass is 19.4. The predicted octanol–water partition coefficient (Wildman–Crippen LogP) is 0.645. The summed E-state index contributed by atoms with van der Waals surface area (Å²) in [6.45, 7) is 0.622. The lowest BCUT2D eigenvalue weighted by molar-refractivity contribution is -0.141. The third-order valence-electron chi connectivity index (χ3n) is 2.49. The molecule has 1 aromatic heterocycles. The number of rotatable bonds is 3. The zero-order valence-corrected chi connectivity index (χ0v) is 10.1. The Labute approximate surface area is 107 Å². The number of nitrogens with zero attached hydrogens (tertiary/aromatic N) is 4. The fraction of sp³-hybridized carbons (Fsp3) is 0.500. The molecule has 0 fully saturated rings.